The van der Waals surface area contributed by atoms with Crippen molar-refractivity contribution in [3.8, 4) is 17.2 Å². The molecular weight excluding hydrogens is 372 g/mol. The van der Waals surface area contributed by atoms with Crippen LogP contribution in [-0.2, 0) is 14.4 Å². The molecule has 0 saturated carbocycles. The molecule has 0 heterocycles. The number of carbonyl (C=O) groups excluding carboxylic acids is 3. The number of ether oxygens (including phenoxy) is 3. The van der Waals surface area contributed by atoms with Crippen molar-refractivity contribution in [3.63, 3.8) is 0 Å². The number of halogens is 1. The van der Waals surface area contributed by atoms with E-state index in [4.69, 9.17) is 25.8 Å². The van der Waals surface area contributed by atoms with Crippen molar-refractivity contribution in [2.24, 2.45) is 0 Å². The van der Waals surface area contributed by atoms with Gasteiger partial charge in [-0.15, -0.1) is 0 Å². The lowest BCUT2D eigenvalue weighted by molar-refractivity contribution is -0.134. The predicted octanol–water partition coefficient (Wildman–Crippen LogP) is 4.29. The van der Waals surface area contributed by atoms with E-state index in [1.807, 2.05) is 30.3 Å². The molecule has 0 amide bonds. The lowest BCUT2D eigenvalue weighted by Crippen LogP contribution is -2.10. The zero-order valence-electron chi connectivity index (χ0n) is 14.9. The highest BCUT2D eigenvalue weighted by molar-refractivity contribution is 6.34. The third-order valence-electron chi connectivity index (χ3n) is 3.17. The van der Waals surface area contributed by atoms with E-state index >= 15 is 0 Å². The molecule has 0 radical (unpaired) electrons. The molecule has 0 aromatic heterocycles. The summed E-state index contributed by atoms with van der Waals surface area (Å²) in [6, 6.07) is 10.8. The molecule has 0 fully saturated rings. The van der Waals surface area contributed by atoms with Gasteiger partial charge in [-0.3, -0.25) is 14.4 Å². The molecular formula is C20H17ClO6. The maximum atomic E-state index is 11.5. The molecule has 0 bridgehead atoms. The van der Waals surface area contributed by atoms with Gasteiger partial charge in [0.15, 0.2) is 17.2 Å². The number of esters is 3. The van der Waals surface area contributed by atoms with Crippen LogP contribution in [0.15, 0.2) is 36.4 Å². The standard InChI is InChI=1S/C20H17ClO6/c1-12(22)25-17-11-16(10-9-15-7-5-4-6-8-15)19(26-13(2)23)20(18(17)21)27-14(3)24/h4-11H,1-3H3. The molecule has 27 heavy (non-hydrogen) atoms. The van der Waals surface area contributed by atoms with Crippen LogP contribution < -0.4 is 14.2 Å². The molecule has 140 valence electrons. The first-order chi connectivity index (χ1) is 12.8. The molecule has 2 aromatic carbocycles. The van der Waals surface area contributed by atoms with E-state index in [1.165, 1.54) is 26.8 Å². The molecule has 0 unspecified atom stereocenters. The molecule has 6 nitrogen and oxygen atoms in total. The van der Waals surface area contributed by atoms with Crippen LogP contribution in [0.1, 0.15) is 31.9 Å². The largest absolute Gasteiger partial charge is 0.425 e. The first-order valence-corrected chi connectivity index (χ1v) is 8.30. The van der Waals surface area contributed by atoms with Crippen LogP contribution in [0, 0.1) is 0 Å². The molecule has 0 spiro atoms. The van der Waals surface area contributed by atoms with Crippen molar-refractivity contribution in [2.75, 3.05) is 0 Å². The Labute approximate surface area is 161 Å². The highest BCUT2D eigenvalue weighted by atomic mass is 35.5. The Morgan fingerprint density at radius 1 is 0.815 bits per heavy atom. The van der Waals surface area contributed by atoms with Crippen LogP contribution in [0.2, 0.25) is 5.02 Å². The van der Waals surface area contributed by atoms with Crippen LogP contribution in [0.3, 0.4) is 0 Å². The number of benzene rings is 2. The van der Waals surface area contributed by atoms with E-state index in [1.54, 1.807) is 12.2 Å². The Morgan fingerprint density at radius 3 is 1.93 bits per heavy atom. The topological polar surface area (TPSA) is 78.9 Å². The molecule has 0 atom stereocenters. The van der Waals surface area contributed by atoms with Crippen LogP contribution in [0.4, 0.5) is 0 Å². The molecule has 0 N–H and O–H groups in total. The predicted molar refractivity (Wildman–Crippen MR) is 101 cm³/mol. The summed E-state index contributed by atoms with van der Waals surface area (Å²) in [5.74, 6) is -2.19. The van der Waals surface area contributed by atoms with Crippen LogP contribution in [0.5, 0.6) is 17.2 Å². The fraction of sp³-hybridized carbons (Fsp3) is 0.150. The van der Waals surface area contributed by atoms with Crippen molar-refractivity contribution in [3.05, 3.63) is 52.5 Å². The summed E-state index contributed by atoms with van der Waals surface area (Å²) in [4.78, 5) is 34.4. The summed E-state index contributed by atoms with van der Waals surface area (Å²) in [6.45, 7) is 3.59. The van der Waals surface area contributed by atoms with E-state index in [0.717, 1.165) is 5.56 Å². The van der Waals surface area contributed by atoms with Gasteiger partial charge in [0.05, 0.1) is 0 Å². The van der Waals surface area contributed by atoms with Gasteiger partial charge in [0.2, 0.25) is 0 Å². The van der Waals surface area contributed by atoms with E-state index in [-0.39, 0.29) is 22.3 Å². The van der Waals surface area contributed by atoms with Gasteiger partial charge in [-0.05, 0) is 11.6 Å². The van der Waals surface area contributed by atoms with Crippen molar-refractivity contribution in [1.82, 2.24) is 0 Å². The monoisotopic (exact) mass is 388 g/mol. The number of rotatable bonds is 5. The Kier molecular flexibility index (Phi) is 6.73. The van der Waals surface area contributed by atoms with Crippen LogP contribution in [0.25, 0.3) is 12.2 Å². The summed E-state index contributed by atoms with van der Waals surface area (Å²) in [5, 5.41) is -0.159. The number of hydrogen-bond acceptors (Lipinski definition) is 6. The minimum Gasteiger partial charge on any atom is -0.425 e. The Balaban J connectivity index is 2.65. The zero-order valence-corrected chi connectivity index (χ0v) is 15.7. The summed E-state index contributed by atoms with van der Waals surface area (Å²) in [7, 11) is 0. The van der Waals surface area contributed by atoms with E-state index < -0.39 is 17.9 Å². The lowest BCUT2D eigenvalue weighted by Gasteiger charge is -2.16. The zero-order chi connectivity index (χ0) is 20.0. The number of carbonyl (C=O) groups is 3. The van der Waals surface area contributed by atoms with Gasteiger partial charge in [-0.2, -0.15) is 0 Å². The van der Waals surface area contributed by atoms with Crippen molar-refractivity contribution < 1.29 is 28.6 Å². The second-order valence-corrected chi connectivity index (χ2v) is 5.84. The van der Waals surface area contributed by atoms with Crippen LogP contribution in [-0.4, -0.2) is 17.9 Å². The fourth-order valence-corrected chi connectivity index (χ4v) is 2.42. The summed E-state index contributed by atoms with van der Waals surface area (Å²) < 4.78 is 15.4. The normalized spacial score (nSPS) is 10.5. The maximum absolute atomic E-state index is 11.5. The van der Waals surface area contributed by atoms with E-state index in [0.29, 0.717) is 5.56 Å². The average Bonchev–Trinajstić information content (AvgIpc) is 2.59. The summed E-state index contributed by atoms with van der Waals surface area (Å²) in [6.07, 6.45) is 3.38. The molecule has 0 aliphatic rings. The molecule has 2 aromatic rings. The second-order valence-electron chi connectivity index (χ2n) is 5.46. The molecule has 0 aliphatic carbocycles. The fourth-order valence-electron chi connectivity index (χ4n) is 2.20. The smallest absolute Gasteiger partial charge is 0.308 e. The second kappa shape index (κ2) is 9.00. The van der Waals surface area contributed by atoms with Gasteiger partial charge >= 0.3 is 17.9 Å². The SMILES string of the molecule is CC(=O)Oc1cc(C=Cc2ccccc2)c(OC(C)=O)c(OC(C)=O)c1Cl. The van der Waals surface area contributed by atoms with Gasteiger partial charge in [-0.25, -0.2) is 0 Å². The van der Waals surface area contributed by atoms with Gasteiger partial charge < -0.3 is 14.2 Å². The highest BCUT2D eigenvalue weighted by Gasteiger charge is 2.23. The first-order valence-electron chi connectivity index (χ1n) is 7.92. The van der Waals surface area contributed by atoms with Crippen molar-refractivity contribution in [1.29, 1.82) is 0 Å². The Hall–Kier alpha value is -3.12. The van der Waals surface area contributed by atoms with Crippen molar-refractivity contribution in [2.45, 2.75) is 20.8 Å². The maximum Gasteiger partial charge on any atom is 0.308 e. The third-order valence-corrected chi connectivity index (χ3v) is 3.53. The third kappa shape index (κ3) is 5.69. The highest BCUT2D eigenvalue weighted by Crippen LogP contribution is 2.45. The van der Waals surface area contributed by atoms with Crippen LogP contribution >= 0.6 is 11.6 Å². The minimum absolute atomic E-state index is 0.0240. The number of hydrogen-bond donors (Lipinski definition) is 0. The molecule has 0 saturated heterocycles. The van der Waals surface area contributed by atoms with E-state index in [2.05, 4.69) is 0 Å². The van der Waals surface area contributed by atoms with E-state index in [9.17, 15) is 14.4 Å². The quantitative estimate of drug-likeness (QED) is 0.432. The average molecular weight is 389 g/mol. The molecule has 2 rings (SSSR count). The lowest BCUT2D eigenvalue weighted by atomic mass is 10.1. The Morgan fingerprint density at radius 2 is 1.37 bits per heavy atom. The van der Waals surface area contributed by atoms with Gasteiger partial charge in [0.25, 0.3) is 0 Å². The van der Waals surface area contributed by atoms with Crippen molar-refractivity contribution >= 4 is 41.7 Å². The van der Waals surface area contributed by atoms with Gasteiger partial charge in [0, 0.05) is 26.3 Å². The van der Waals surface area contributed by atoms with Gasteiger partial charge in [0.1, 0.15) is 5.02 Å². The summed E-state index contributed by atoms with van der Waals surface area (Å²) >= 11 is 6.20. The Bertz CT molecular complexity index is 902. The molecule has 0 aliphatic heterocycles. The molecule has 7 heteroatoms. The first kappa shape index (κ1) is 20.2. The minimum atomic E-state index is -0.678. The summed E-state index contributed by atoms with van der Waals surface area (Å²) in [5.41, 5.74) is 1.22. The van der Waals surface area contributed by atoms with Gasteiger partial charge in [-0.1, -0.05) is 54.1 Å².